The van der Waals surface area contributed by atoms with Crippen LogP contribution in [-0.4, -0.2) is 51.2 Å². The number of nitrogens with zero attached hydrogens (tertiary/aromatic N) is 4. The van der Waals surface area contributed by atoms with Crippen LogP contribution in [0.1, 0.15) is 47.3 Å². The lowest BCUT2D eigenvalue weighted by Crippen LogP contribution is -2.40. The molecule has 162 valence electrons. The Morgan fingerprint density at radius 2 is 1.87 bits per heavy atom. The maximum Gasteiger partial charge on any atom is 0.291 e. The van der Waals surface area contributed by atoms with Crippen LogP contribution in [0.3, 0.4) is 0 Å². The summed E-state index contributed by atoms with van der Waals surface area (Å²) >= 11 is 0. The van der Waals surface area contributed by atoms with Crippen molar-refractivity contribution in [2.24, 2.45) is 0 Å². The Balaban J connectivity index is 1.53. The number of para-hydroxylation sites is 1. The molecule has 1 aliphatic heterocycles. The first-order chi connectivity index (χ1) is 15.2. The number of likely N-dealkylation sites (tertiary alicyclic amines) is 1. The zero-order valence-corrected chi connectivity index (χ0v) is 18.4. The number of hydrogen-bond donors (Lipinski definition) is 1. The Labute approximate surface area is 184 Å². The Morgan fingerprint density at radius 1 is 1.10 bits per heavy atom. The van der Waals surface area contributed by atoms with Crippen LogP contribution in [-0.2, 0) is 12.8 Å². The molecule has 0 aliphatic carbocycles. The van der Waals surface area contributed by atoms with E-state index in [4.69, 9.17) is 0 Å². The lowest BCUT2D eigenvalue weighted by molar-refractivity contribution is 0.0931. The van der Waals surface area contributed by atoms with Crippen LogP contribution in [0.15, 0.2) is 54.6 Å². The van der Waals surface area contributed by atoms with Gasteiger partial charge in [0.1, 0.15) is 5.82 Å². The predicted molar refractivity (Wildman–Crippen MR) is 123 cm³/mol. The molecule has 6 nitrogen and oxygen atoms in total. The lowest BCUT2D eigenvalue weighted by Gasteiger charge is -2.22. The van der Waals surface area contributed by atoms with Crippen molar-refractivity contribution < 1.29 is 4.79 Å². The molecular weight excluding hydrogens is 386 g/mol. The molecule has 1 fully saturated rings. The van der Waals surface area contributed by atoms with Crippen LogP contribution in [0.25, 0.3) is 5.69 Å². The summed E-state index contributed by atoms with van der Waals surface area (Å²) in [6, 6.07) is 18.8. The SMILES string of the molecule is CCN1CCC[C@H]1CNC(=O)c1nc(CCc2ccccc2)n(-c2ccccc2C)n1. The number of rotatable bonds is 8. The monoisotopic (exact) mass is 417 g/mol. The molecule has 1 aliphatic rings. The molecule has 0 spiro atoms. The molecule has 0 radical (unpaired) electrons. The van der Waals surface area contributed by atoms with Crippen molar-refractivity contribution in [3.63, 3.8) is 0 Å². The molecule has 4 rings (SSSR count). The van der Waals surface area contributed by atoms with E-state index in [9.17, 15) is 4.79 Å². The van der Waals surface area contributed by atoms with Crippen molar-refractivity contribution in [1.82, 2.24) is 25.0 Å². The van der Waals surface area contributed by atoms with Crippen LogP contribution >= 0.6 is 0 Å². The fraction of sp³-hybridized carbons (Fsp3) is 0.400. The molecule has 1 amide bonds. The molecule has 0 unspecified atom stereocenters. The van der Waals surface area contributed by atoms with E-state index < -0.39 is 0 Å². The maximum atomic E-state index is 12.9. The molecule has 1 aromatic heterocycles. The second-order valence-electron chi connectivity index (χ2n) is 8.17. The number of likely N-dealkylation sites (N-methyl/N-ethyl adjacent to an activating group) is 1. The Morgan fingerprint density at radius 3 is 2.65 bits per heavy atom. The van der Waals surface area contributed by atoms with Crippen LogP contribution in [0, 0.1) is 6.92 Å². The second kappa shape index (κ2) is 9.88. The smallest absolute Gasteiger partial charge is 0.291 e. The molecule has 1 N–H and O–H groups in total. The molecule has 0 bridgehead atoms. The number of carbonyl (C=O) groups is 1. The molecule has 0 saturated carbocycles. The normalized spacial score (nSPS) is 16.5. The van der Waals surface area contributed by atoms with Crippen LogP contribution in [0.4, 0.5) is 0 Å². The highest BCUT2D eigenvalue weighted by atomic mass is 16.2. The minimum atomic E-state index is -0.198. The Kier molecular flexibility index (Phi) is 6.77. The summed E-state index contributed by atoms with van der Waals surface area (Å²) in [6.07, 6.45) is 3.88. The number of amides is 1. The fourth-order valence-electron chi connectivity index (χ4n) is 4.33. The minimum absolute atomic E-state index is 0.198. The third-order valence-corrected chi connectivity index (χ3v) is 6.10. The first kappa shape index (κ1) is 21.2. The summed E-state index contributed by atoms with van der Waals surface area (Å²) in [6.45, 7) is 7.00. The average molecular weight is 418 g/mol. The Hall–Kier alpha value is -2.99. The average Bonchev–Trinajstić information content (AvgIpc) is 3.44. The largest absolute Gasteiger partial charge is 0.348 e. The first-order valence-corrected chi connectivity index (χ1v) is 11.2. The van der Waals surface area contributed by atoms with Gasteiger partial charge in [-0.05, 0) is 56.5 Å². The summed E-state index contributed by atoms with van der Waals surface area (Å²) in [5.41, 5.74) is 3.31. The van der Waals surface area contributed by atoms with Crippen molar-refractivity contribution >= 4 is 5.91 Å². The van der Waals surface area contributed by atoms with Crippen LogP contribution < -0.4 is 5.32 Å². The third kappa shape index (κ3) is 5.02. The summed E-state index contributed by atoms with van der Waals surface area (Å²) in [5.74, 6) is 0.850. The molecule has 31 heavy (non-hydrogen) atoms. The highest BCUT2D eigenvalue weighted by Gasteiger charge is 2.25. The van der Waals surface area contributed by atoms with E-state index in [0.29, 0.717) is 19.0 Å². The van der Waals surface area contributed by atoms with Crippen molar-refractivity contribution in [2.75, 3.05) is 19.6 Å². The van der Waals surface area contributed by atoms with Crippen molar-refractivity contribution in [2.45, 2.75) is 45.6 Å². The van der Waals surface area contributed by atoms with E-state index in [2.05, 4.69) is 52.3 Å². The van der Waals surface area contributed by atoms with E-state index in [1.165, 1.54) is 12.0 Å². The van der Waals surface area contributed by atoms with Gasteiger partial charge in [0.05, 0.1) is 5.69 Å². The summed E-state index contributed by atoms with van der Waals surface area (Å²) in [7, 11) is 0. The zero-order valence-electron chi connectivity index (χ0n) is 18.4. The van der Waals surface area contributed by atoms with Gasteiger partial charge in [-0.15, -0.1) is 5.10 Å². The summed E-state index contributed by atoms with van der Waals surface area (Å²) < 4.78 is 1.83. The summed E-state index contributed by atoms with van der Waals surface area (Å²) in [5, 5.41) is 7.68. The van der Waals surface area contributed by atoms with E-state index in [-0.39, 0.29) is 11.7 Å². The van der Waals surface area contributed by atoms with Gasteiger partial charge in [0.25, 0.3) is 5.91 Å². The third-order valence-electron chi connectivity index (χ3n) is 6.10. The molecule has 3 aromatic rings. The number of hydrogen-bond acceptors (Lipinski definition) is 4. The van der Waals surface area contributed by atoms with Crippen molar-refractivity contribution in [3.8, 4) is 5.69 Å². The van der Waals surface area contributed by atoms with Gasteiger partial charge >= 0.3 is 0 Å². The first-order valence-electron chi connectivity index (χ1n) is 11.2. The zero-order chi connectivity index (χ0) is 21.6. The summed E-state index contributed by atoms with van der Waals surface area (Å²) in [4.78, 5) is 20.0. The molecule has 6 heteroatoms. The van der Waals surface area contributed by atoms with Gasteiger partial charge in [-0.3, -0.25) is 9.69 Å². The van der Waals surface area contributed by atoms with Crippen LogP contribution in [0.5, 0.6) is 0 Å². The van der Waals surface area contributed by atoms with Gasteiger partial charge in [-0.2, -0.15) is 0 Å². The number of benzene rings is 2. The molecule has 1 saturated heterocycles. The fourth-order valence-corrected chi connectivity index (χ4v) is 4.33. The number of carbonyl (C=O) groups excluding carboxylic acids is 1. The Bertz CT molecular complexity index is 1010. The molecule has 2 aromatic carbocycles. The van der Waals surface area contributed by atoms with Gasteiger partial charge in [-0.1, -0.05) is 55.5 Å². The molecule has 2 heterocycles. The maximum absolute atomic E-state index is 12.9. The van der Waals surface area contributed by atoms with E-state index in [0.717, 1.165) is 43.0 Å². The van der Waals surface area contributed by atoms with Gasteiger partial charge in [0.15, 0.2) is 0 Å². The predicted octanol–water partition coefficient (Wildman–Crippen LogP) is 3.58. The van der Waals surface area contributed by atoms with Crippen molar-refractivity contribution in [3.05, 3.63) is 77.4 Å². The van der Waals surface area contributed by atoms with Gasteiger partial charge < -0.3 is 5.32 Å². The minimum Gasteiger partial charge on any atom is -0.348 e. The second-order valence-corrected chi connectivity index (χ2v) is 8.17. The standard InChI is InChI=1S/C25H31N5O/c1-3-29-17-9-13-21(29)18-26-25(31)24-27-23(16-15-20-11-5-4-6-12-20)30(28-24)22-14-8-7-10-19(22)2/h4-8,10-12,14,21H,3,9,13,15-18H2,1-2H3,(H,26,31)/t21-/m0/s1. The van der Waals surface area contributed by atoms with Crippen LogP contribution in [0.2, 0.25) is 0 Å². The van der Waals surface area contributed by atoms with E-state index in [1.54, 1.807) is 0 Å². The highest BCUT2D eigenvalue weighted by Crippen LogP contribution is 2.18. The molecular formula is C25H31N5O. The number of aryl methyl sites for hydroxylation is 3. The van der Waals surface area contributed by atoms with E-state index in [1.807, 2.05) is 41.1 Å². The van der Waals surface area contributed by atoms with Gasteiger partial charge in [0, 0.05) is 19.0 Å². The van der Waals surface area contributed by atoms with E-state index >= 15 is 0 Å². The lowest BCUT2D eigenvalue weighted by atomic mass is 10.1. The number of nitrogens with one attached hydrogen (secondary N) is 1. The molecule has 1 atom stereocenters. The van der Waals surface area contributed by atoms with Crippen molar-refractivity contribution in [1.29, 1.82) is 0 Å². The topological polar surface area (TPSA) is 63.1 Å². The van der Waals surface area contributed by atoms with Gasteiger partial charge in [0.2, 0.25) is 5.82 Å². The number of aromatic nitrogens is 3. The highest BCUT2D eigenvalue weighted by molar-refractivity contribution is 5.90. The van der Waals surface area contributed by atoms with Gasteiger partial charge in [-0.25, -0.2) is 9.67 Å². The quantitative estimate of drug-likeness (QED) is 0.609.